The number of fused-ring (bicyclic) bond motifs is 1. The van der Waals surface area contributed by atoms with Crippen molar-refractivity contribution in [1.29, 1.82) is 0 Å². The van der Waals surface area contributed by atoms with E-state index in [4.69, 9.17) is 4.74 Å². The highest BCUT2D eigenvalue weighted by atomic mass is 32.1. The fourth-order valence-electron chi connectivity index (χ4n) is 3.75. The summed E-state index contributed by atoms with van der Waals surface area (Å²) in [5.41, 5.74) is 2.27. The van der Waals surface area contributed by atoms with Gasteiger partial charge in [-0.25, -0.2) is 4.68 Å². The van der Waals surface area contributed by atoms with Crippen LogP contribution in [0.5, 0.6) is 0 Å². The number of aryl methyl sites for hydroxylation is 2. The maximum absolute atomic E-state index is 12.5. The quantitative estimate of drug-likeness (QED) is 0.808. The molecule has 2 aliphatic rings. The summed E-state index contributed by atoms with van der Waals surface area (Å²) in [5.74, 6) is 0. The SMILES string of the molecule is COCc1nnc(N2CCCC2Cn2nc3c(cc2=O)CCCC3)s1. The van der Waals surface area contributed by atoms with Gasteiger partial charge in [0.1, 0.15) is 11.6 Å². The van der Waals surface area contributed by atoms with Crippen LogP contribution in [0.2, 0.25) is 0 Å². The van der Waals surface area contributed by atoms with Crippen LogP contribution >= 0.6 is 11.3 Å². The van der Waals surface area contributed by atoms with Gasteiger partial charge in [-0.15, -0.1) is 10.2 Å². The van der Waals surface area contributed by atoms with E-state index in [1.807, 2.05) is 0 Å². The summed E-state index contributed by atoms with van der Waals surface area (Å²) < 4.78 is 6.79. The van der Waals surface area contributed by atoms with Crippen LogP contribution in [0.3, 0.4) is 0 Å². The molecule has 0 N–H and O–H groups in total. The lowest BCUT2D eigenvalue weighted by Crippen LogP contribution is -2.37. The summed E-state index contributed by atoms with van der Waals surface area (Å²) >= 11 is 1.57. The van der Waals surface area contributed by atoms with Crippen LogP contribution in [-0.2, 0) is 30.7 Å². The number of ether oxygens (including phenoxy) is 1. The second-order valence-electron chi connectivity index (χ2n) is 6.74. The molecule has 3 heterocycles. The van der Waals surface area contributed by atoms with Crippen LogP contribution in [0, 0.1) is 0 Å². The molecule has 1 atom stereocenters. The first-order valence-corrected chi connectivity index (χ1v) is 9.74. The molecule has 2 aromatic heterocycles. The molecule has 8 heteroatoms. The van der Waals surface area contributed by atoms with Gasteiger partial charge in [0, 0.05) is 19.7 Å². The Morgan fingerprint density at radius 2 is 2.16 bits per heavy atom. The lowest BCUT2D eigenvalue weighted by Gasteiger charge is -2.24. The van der Waals surface area contributed by atoms with E-state index in [0.717, 1.165) is 60.0 Å². The highest BCUT2D eigenvalue weighted by Crippen LogP contribution is 2.29. The predicted molar refractivity (Wildman–Crippen MR) is 96.1 cm³/mol. The second kappa shape index (κ2) is 7.21. The minimum absolute atomic E-state index is 0.0184. The zero-order valence-corrected chi connectivity index (χ0v) is 15.3. The van der Waals surface area contributed by atoms with Gasteiger partial charge >= 0.3 is 0 Å². The van der Waals surface area contributed by atoms with Crippen LogP contribution in [0.25, 0.3) is 0 Å². The molecule has 2 aromatic rings. The Morgan fingerprint density at radius 1 is 1.28 bits per heavy atom. The van der Waals surface area contributed by atoms with Crippen molar-refractivity contribution < 1.29 is 4.74 Å². The highest BCUT2D eigenvalue weighted by Gasteiger charge is 2.28. The molecule has 0 saturated carbocycles. The highest BCUT2D eigenvalue weighted by molar-refractivity contribution is 7.15. The smallest absolute Gasteiger partial charge is 0.267 e. The molecular formula is C17H23N5O2S. The molecule has 134 valence electrons. The number of rotatable bonds is 5. The summed E-state index contributed by atoms with van der Waals surface area (Å²) in [5, 5.41) is 15.0. The molecule has 1 saturated heterocycles. The maximum Gasteiger partial charge on any atom is 0.267 e. The van der Waals surface area contributed by atoms with Crippen molar-refractivity contribution in [2.24, 2.45) is 0 Å². The Labute approximate surface area is 150 Å². The van der Waals surface area contributed by atoms with E-state index in [1.54, 1.807) is 29.2 Å². The average Bonchev–Trinajstić information content (AvgIpc) is 3.25. The minimum atomic E-state index is 0.0184. The number of nitrogens with zero attached hydrogens (tertiary/aromatic N) is 5. The van der Waals surface area contributed by atoms with Crippen LogP contribution in [0.1, 0.15) is 41.9 Å². The summed E-state index contributed by atoms with van der Waals surface area (Å²) in [4.78, 5) is 14.7. The molecule has 0 aromatic carbocycles. The van der Waals surface area contributed by atoms with Crippen molar-refractivity contribution >= 4 is 16.5 Å². The van der Waals surface area contributed by atoms with Crippen LogP contribution < -0.4 is 10.5 Å². The van der Waals surface area contributed by atoms with Gasteiger partial charge in [-0.05, 0) is 44.1 Å². The normalized spacial score (nSPS) is 20.0. The minimum Gasteiger partial charge on any atom is -0.377 e. The van der Waals surface area contributed by atoms with E-state index in [-0.39, 0.29) is 11.6 Å². The van der Waals surface area contributed by atoms with Gasteiger partial charge in [-0.1, -0.05) is 11.3 Å². The molecule has 7 nitrogen and oxygen atoms in total. The molecule has 4 rings (SSSR count). The standard InChI is InChI=1S/C17H23N5O2S/c1-24-11-15-18-19-17(25-15)21-8-4-6-13(21)10-22-16(23)9-12-5-2-3-7-14(12)20-22/h9,13H,2-8,10-11H2,1H3. The molecule has 1 aliphatic heterocycles. The van der Waals surface area contributed by atoms with E-state index >= 15 is 0 Å². The number of hydrogen-bond donors (Lipinski definition) is 0. The van der Waals surface area contributed by atoms with Crippen molar-refractivity contribution in [1.82, 2.24) is 20.0 Å². The zero-order chi connectivity index (χ0) is 17.2. The Hall–Kier alpha value is -1.80. The monoisotopic (exact) mass is 361 g/mol. The maximum atomic E-state index is 12.5. The number of methoxy groups -OCH3 is 1. The Morgan fingerprint density at radius 3 is 3.04 bits per heavy atom. The first kappa shape index (κ1) is 16.7. The number of anilines is 1. The first-order valence-electron chi connectivity index (χ1n) is 8.92. The lowest BCUT2D eigenvalue weighted by molar-refractivity contribution is 0.184. The second-order valence-corrected chi connectivity index (χ2v) is 7.79. The molecule has 0 spiro atoms. The summed E-state index contributed by atoms with van der Waals surface area (Å²) in [6, 6.07) is 2.04. The lowest BCUT2D eigenvalue weighted by atomic mass is 9.97. The Bertz CT molecular complexity index is 803. The van der Waals surface area contributed by atoms with Gasteiger partial charge in [-0.3, -0.25) is 4.79 Å². The number of aromatic nitrogens is 4. The van der Waals surface area contributed by atoms with Crippen LogP contribution in [0.15, 0.2) is 10.9 Å². The van der Waals surface area contributed by atoms with Crippen molar-refractivity contribution in [3.05, 3.63) is 32.7 Å². The average molecular weight is 361 g/mol. The van der Waals surface area contributed by atoms with E-state index < -0.39 is 0 Å². The molecule has 0 radical (unpaired) electrons. The first-order chi connectivity index (χ1) is 12.2. The van der Waals surface area contributed by atoms with Gasteiger partial charge in [0.2, 0.25) is 5.13 Å². The van der Waals surface area contributed by atoms with Crippen molar-refractivity contribution in [2.75, 3.05) is 18.6 Å². The molecular weight excluding hydrogens is 338 g/mol. The summed E-state index contributed by atoms with van der Waals surface area (Å²) in [6.07, 6.45) is 6.45. The topological polar surface area (TPSA) is 73.1 Å². The van der Waals surface area contributed by atoms with Gasteiger partial charge in [0.05, 0.1) is 18.3 Å². The third kappa shape index (κ3) is 3.46. The van der Waals surface area contributed by atoms with Crippen molar-refractivity contribution in [2.45, 2.75) is 57.7 Å². The number of hydrogen-bond acceptors (Lipinski definition) is 7. The molecule has 25 heavy (non-hydrogen) atoms. The zero-order valence-electron chi connectivity index (χ0n) is 14.5. The summed E-state index contributed by atoms with van der Waals surface area (Å²) in [7, 11) is 1.66. The molecule has 0 amide bonds. The fourth-order valence-corrected chi connectivity index (χ4v) is 4.66. The largest absolute Gasteiger partial charge is 0.377 e. The van der Waals surface area contributed by atoms with Gasteiger partial charge in [0.15, 0.2) is 0 Å². The van der Waals surface area contributed by atoms with E-state index in [0.29, 0.717) is 13.2 Å². The molecule has 0 bridgehead atoms. The van der Waals surface area contributed by atoms with Gasteiger partial charge in [-0.2, -0.15) is 5.10 Å². The Kier molecular flexibility index (Phi) is 4.80. The molecule has 1 aliphatic carbocycles. The van der Waals surface area contributed by atoms with E-state index in [9.17, 15) is 4.79 Å². The predicted octanol–water partition coefficient (Wildman–Crippen LogP) is 1.79. The van der Waals surface area contributed by atoms with E-state index in [2.05, 4.69) is 20.2 Å². The van der Waals surface area contributed by atoms with Crippen molar-refractivity contribution in [3.8, 4) is 0 Å². The Balaban J connectivity index is 1.54. The van der Waals surface area contributed by atoms with Crippen LogP contribution in [-0.4, -0.2) is 39.7 Å². The van der Waals surface area contributed by atoms with Gasteiger partial charge < -0.3 is 9.64 Å². The summed E-state index contributed by atoms with van der Waals surface area (Å²) in [6.45, 7) is 2.05. The van der Waals surface area contributed by atoms with Gasteiger partial charge in [0.25, 0.3) is 5.56 Å². The molecule has 1 unspecified atom stereocenters. The molecule has 1 fully saturated rings. The van der Waals surface area contributed by atoms with Crippen LogP contribution in [0.4, 0.5) is 5.13 Å². The van der Waals surface area contributed by atoms with Crippen molar-refractivity contribution in [3.63, 3.8) is 0 Å². The van der Waals surface area contributed by atoms with E-state index in [1.165, 1.54) is 6.42 Å². The third-order valence-corrected chi connectivity index (χ3v) is 5.94. The third-order valence-electron chi connectivity index (χ3n) is 5.00. The fraction of sp³-hybridized carbons (Fsp3) is 0.647.